The average molecular weight is 285 g/mol. The van der Waals surface area contributed by atoms with Gasteiger partial charge in [-0.05, 0) is 11.6 Å². The van der Waals surface area contributed by atoms with E-state index >= 15 is 0 Å². The smallest absolute Gasteiger partial charge is 0.416 e. The summed E-state index contributed by atoms with van der Waals surface area (Å²) in [7, 11) is 0. The van der Waals surface area contributed by atoms with Gasteiger partial charge in [-0.2, -0.15) is 13.2 Å². The fourth-order valence-corrected chi connectivity index (χ4v) is 1.78. The number of carboxylic acid groups (broad SMARTS) is 1. The summed E-state index contributed by atoms with van der Waals surface area (Å²) < 4.78 is 43.4. The molecular formula is C13H10F3NO3. The Bertz CT molecular complexity index is 619. The molecular weight excluding hydrogens is 275 g/mol. The van der Waals surface area contributed by atoms with Gasteiger partial charge >= 0.3 is 12.1 Å². The molecule has 0 atom stereocenters. The number of alkyl halides is 3. The number of rotatable bonds is 4. The maximum atomic E-state index is 12.8. The molecule has 2 aromatic rings. The van der Waals surface area contributed by atoms with Crippen LogP contribution in [0.5, 0.6) is 0 Å². The highest BCUT2D eigenvalue weighted by atomic mass is 19.4. The first-order valence-electron chi connectivity index (χ1n) is 5.66. The fourth-order valence-electron chi connectivity index (χ4n) is 1.78. The first-order chi connectivity index (χ1) is 9.36. The zero-order valence-electron chi connectivity index (χ0n) is 10.1. The van der Waals surface area contributed by atoms with E-state index in [1.807, 2.05) is 0 Å². The average Bonchev–Trinajstić information content (AvgIpc) is 2.75. The summed E-state index contributed by atoms with van der Waals surface area (Å²) in [4.78, 5) is 14.3. The van der Waals surface area contributed by atoms with Gasteiger partial charge in [0, 0.05) is 6.42 Å². The Balaban J connectivity index is 2.22. The Morgan fingerprint density at radius 1 is 1.30 bits per heavy atom. The van der Waals surface area contributed by atoms with Crippen LogP contribution >= 0.6 is 0 Å². The first-order valence-corrected chi connectivity index (χ1v) is 5.66. The molecule has 2 rings (SSSR count). The molecule has 0 bridgehead atoms. The molecule has 4 nitrogen and oxygen atoms in total. The van der Waals surface area contributed by atoms with Crippen LogP contribution in [0.15, 0.2) is 34.9 Å². The van der Waals surface area contributed by atoms with Gasteiger partial charge in [0.15, 0.2) is 5.89 Å². The standard InChI is InChI=1S/C13H10F3NO3/c14-13(15,16)10-4-2-1-3-8(10)5-11-17-9(7-20-11)6-12(18)19/h1-4,7H,5-6H2,(H,18,19). The predicted octanol–water partition coefficient (Wildman–Crippen LogP) is 2.91. The summed E-state index contributed by atoms with van der Waals surface area (Å²) in [5.41, 5.74) is -0.543. The summed E-state index contributed by atoms with van der Waals surface area (Å²) in [6, 6.07) is 5.11. The number of nitrogens with zero attached hydrogens (tertiary/aromatic N) is 1. The Kier molecular flexibility index (Phi) is 3.78. The molecule has 0 fully saturated rings. The number of benzene rings is 1. The molecule has 0 saturated carbocycles. The van der Waals surface area contributed by atoms with Gasteiger partial charge < -0.3 is 9.52 Å². The normalized spacial score (nSPS) is 11.6. The van der Waals surface area contributed by atoms with Gasteiger partial charge in [0.25, 0.3) is 0 Å². The van der Waals surface area contributed by atoms with Crippen molar-refractivity contribution in [3.8, 4) is 0 Å². The second kappa shape index (κ2) is 5.36. The zero-order chi connectivity index (χ0) is 14.8. The maximum Gasteiger partial charge on any atom is 0.416 e. The molecule has 1 aromatic carbocycles. The molecule has 1 heterocycles. The van der Waals surface area contributed by atoms with Crippen LogP contribution in [0.2, 0.25) is 0 Å². The highest BCUT2D eigenvalue weighted by Crippen LogP contribution is 2.32. The van der Waals surface area contributed by atoms with Crippen LogP contribution in [0.25, 0.3) is 0 Å². The van der Waals surface area contributed by atoms with E-state index in [1.165, 1.54) is 18.2 Å². The number of carboxylic acids is 1. The summed E-state index contributed by atoms with van der Waals surface area (Å²) in [6.07, 6.45) is -3.79. The number of oxazole rings is 1. The lowest BCUT2D eigenvalue weighted by Gasteiger charge is -2.10. The van der Waals surface area contributed by atoms with Gasteiger partial charge in [-0.25, -0.2) is 4.98 Å². The summed E-state index contributed by atoms with van der Waals surface area (Å²) >= 11 is 0. The highest BCUT2D eigenvalue weighted by molar-refractivity contribution is 5.69. The molecule has 0 aliphatic heterocycles. The van der Waals surface area contributed by atoms with E-state index in [9.17, 15) is 18.0 Å². The topological polar surface area (TPSA) is 63.3 Å². The third-order valence-corrected chi connectivity index (χ3v) is 2.60. The van der Waals surface area contributed by atoms with Crippen molar-refractivity contribution in [3.63, 3.8) is 0 Å². The highest BCUT2D eigenvalue weighted by Gasteiger charge is 2.33. The van der Waals surface area contributed by atoms with E-state index in [2.05, 4.69) is 4.98 Å². The van der Waals surface area contributed by atoms with Gasteiger partial charge in [0.2, 0.25) is 0 Å². The molecule has 0 amide bonds. The number of aliphatic carboxylic acids is 1. The van der Waals surface area contributed by atoms with E-state index in [4.69, 9.17) is 9.52 Å². The van der Waals surface area contributed by atoms with Gasteiger partial charge in [-0.1, -0.05) is 18.2 Å². The molecule has 0 aliphatic carbocycles. The Hall–Kier alpha value is -2.31. The molecule has 7 heteroatoms. The predicted molar refractivity (Wildman–Crippen MR) is 62.1 cm³/mol. The Labute approximate surface area is 111 Å². The van der Waals surface area contributed by atoms with Crippen molar-refractivity contribution < 1.29 is 27.5 Å². The summed E-state index contributed by atoms with van der Waals surface area (Å²) in [6.45, 7) is 0. The third kappa shape index (κ3) is 3.37. The molecule has 0 radical (unpaired) electrons. The van der Waals surface area contributed by atoms with E-state index in [0.717, 1.165) is 12.3 Å². The molecule has 0 unspecified atom stereocenters. The molecule has 1 aromatic heterocycles. The van der Waals surface area contributed by atoms with Crippen LogP contribution in [0.1, 0.15) is 22.7 Å². The molecule has 0 spiro atoms. The minimum Gasteiger partial charge on any atom is -0.481 e. The van der Waals surface area contributed by atoms with Crippen LogP contribution in [-0.4, -0.2) is 16.1 Å². The van der Waals surface area contributed by atoms with Crippen LogP contribution in [0.4, 0.5) is 13.2 Å². The molecule has 0 saturated heterocycles. The first kappa shape index (κ1) is 14.1. The number of aromatic nitrogens is 1. The minimum absolute atomic E-state index is 0.0312. The van der Waals surface area contributed by atoms with E-state index in [-0.39, 0.29) is 30.0 Å². The van der Waals surface area contributed by atoms with Crippen molar-refractivity contribution in [2.75, 3.05) is 0 Å². The minimum atomic E-state index is -4.45. The van der Waals surface area contributed by atoms with Gasteiger partial charge in [-0.15, -0.1) is 0 Å². The van der Waals surface area contributed by atoms with Crippen molar-refractivity contribution in [1.82, 2.24) is 4.98 Å². The molecule has 106 valence electrons. The Morgan fingerprint density at radius 3 is 2.65 bits per heavy atom. The third-order valence-electron chi connectivity index (χ3n) is 2.60. The monoisotopic (exact) mass is 285 g/mol. The molecule has 1 N–H and O–H groups in total. The van der Waals surface area contributed by atoms with Crippen LogP contribution in [0, 0.1) is 0 Å². The second-order valence-electron chi connectivity index (χ2n) is 4.13. The van der Waals surface area contributed by atoms with E-state index in [1.54, 1.807) is 0 Å². The molecule has 20 heavy (non-hydrogen) atoms. The second-order valence-corrected chi connectivity index (χ2v) is 4.13. The lowest BCUT2D eigenvalue weighted by Crippen LogP contribution is -2.09. The van der Waals surface area contributed by atoms with Crippen molar-refractivity contribution >= 4 is 5.97 Å². The van der Waals surface area contributed by atoms with Crippen molar-refractivity contribution in [1.29, 1.82) is 0 Å². The number of hydrogen-bond donors (Lipinski definition) is 1. The zero-order valence-corrected chi connectivity index (χ0v) is 10.1. The maximum absolute atomic E-state index is 12.8. The van der Waals surface area contributed by atoms with Crippen molar-refractivity contribution in [2.24, 2.45) is 0 Å². The van der Waals surface area contributed by atoms with Gasteiger partial charge in [0.1, 0.15) is 6.26 Å². The van der Waals surface area contributed by atoms with Crippen LogP contribution in [-0.2, 0) is 23.8 Å². The number of carbonyl (C=O) groups is 1. The van der Waals surface area contributed by atoms with Gasteiger partial charge in [0.05, 0.1) is 17.7 Å². The van der Waals surface area contributed by atoms with Gasteiger partial charge in [-0.3, -0.25) is 4.79 Å². The van der Waals surface area contributed by atoms with Crippen molar-refractivity contribution in [2.45, 2.75) is 19.0 Å². The Morgan fingerprint density at radius 2 is 2.00 bits per heavy atom. The summed E-state index contributed by atoms with van der Waals surface area (Å²) in [5.74, 6) is -1.03. The molecule has 0 aliphatic rings. The van der Waals surface area contributed by atoms with E-state index in [0.29, 0.717) is 0 Å². The fraction of sp³-hybridized carbons (Fsp3) is 0.231. The number of halogens is 3. The quantitative estimate of drug-likeness (QED) is 0.938. The SMILES string of the molecule is O=C(O)Cc1coc(Cc2ccccc2C(F)(F)F)n1. The van der Waals surface area contributed by atoms with E-state index < -0.39 is 17.7 Å². The largest absolute Gasteiger partial charge is 0.481 e. The van der Waals surface area contributed by atoms with Crippen LogP contribution in [0.3, 0.4) is 0 Å². The van der Waals surface area contributed by atoms with Crippen molar-refractivity contribution in [3.05, 3.63) is 53.2 Å². The van der Waals surface area contributed by atoms with Crippen LogP contribution < -0.4 is 0 Å². The lowest BCUT2D eigenvalue weighted by molar-refractivity contribution is -0.138. The lowest BCUT2D eigenvalue weighted by atomic mass is 10.0. The summed E-state index contributed by atoms with van der Waals surface area (Å²) in [5, 5.41) is 8.59. The number of hydrogen-bond acceptors (Lipinski definition) is 3.